The van der Waals surface area contributed by atoms with E-state index in [1.165, 1.54) is 6.07 Å². The highest BCUT2D eigenvalue weighted by atomic mass is 16.3. The van der Waals surface area contributed by atoms with Crippen molar-refractivity contribution in [3.05, 3.63) is 52.0 Å². The van der Waals surface area contributed by atoms with E-state index >= 15 is 0 Å². The highest BCUT2D eigenvalue weighted by molar-refractivity contribution is 6.15. The van der Waals surface area contributed by atoms with Gasteiger partial charge in [0.2, 0.25) is 5.78 Å². The minimum absolute atomic E-state index is 0.0505. The minimum atomic E-state index is -2.42. The summed E-state index contributed by atoms with van der Waals surface area (Å²) in [7, 11) is 0. The Morgan fingerprint density at radius 3 is 2.58 bits per heavy atom. The zero-order chi connectivity index (χ0) is 18.8. The molecule has 0 bridgehead atoms. The first-order valence-electron chi connectivity index (χ1n) is 8.19. The molecule has 7 nitrogen and oxygen atoms in total. The molecule has 0 fully saturated rings. The molecule has 3 atom stereocenters. The molecule has 132 valence electrons. The summed E-state index contributed by atoms with van der Waals surface area (Å²) in [5, 5.41) is 50.7. The summed E-state index contributed by atoms with van der Waals surface area (Å²) < 4.78 is 0. The van der Waals surface area contributed by atoms with Crippen LogP contribution in [-0.2, 0) is 11.2 Å². The SMILES string of the molecule is N#CC1=C(O)C[C@@H]2C[C@@H]3Cc4cccc(O)c4C(=O)C3=C(O)[C@]2(O)C1=O. The maximum atomic E-state index is 12.9. The minimum Gasteiger partial charge on any atom is -0.511 e. The van der Waals surface area contributed by atoms with E-state index in [1.54, 1.807) is 18.2 Å². The lowest BCUT2D eigenvalue weighted by Gasteiger charge is -2.45. The van der Waals surface area contributed by atoms with Crippen LogP contribution in [0.25, 0.3) is 0 Å². The standard InChI is InChI=1S/C19H15NO6/c20-7-11-13(22)6-10-5-9-4-8-2-1-3-12(21)14(8)16(23)15(9)18(25)19(10,26)17(11)24/h1-3,9-10,21-22,25-26H,4-6H2/t9-,10-,19+/m0/s1. The number of nitriles is 1. The maximum Gasteiger partial charge on any atom is 0.216 e. The van der Waals surface area contributed by atoms with Gasteiger partial charge in [0.15, 0.2) is 11.4 Å². The molecule has 0 aromatic heterocycles. The number of nitrogens with zero attached hydrogens (tertiary/aromatic N) is 1. The zero-order valence-electron chi connectivity index (χ0n) is 13.6. The van der Waals surface area contributed by atoms with E-state index in [-0.39, 0.29) is 29.7 Å². The predicted octanol–water partition coefficient (Wildman–Crippen LogP) is 1.62. The Morgan fingerprint density at radius 2 is 1.88 bits per heavy atom. The fourth-order valence-corrected chi connectivity index (χ4v) is 4.42. The average molecular weight is 353 g/mol. The number of ketones is 2. The molecule has 4 rings (SSSR count). The highest BCUT2D eigenvalue weighted by Crippen LogP contribution is 2.51. The van der Waals surface area contributed by atoms with Gasteiger partial charge in [-0.1, -0.05) is 12.1 Å². The second kappa shape index (κ2) is 5.19. The van der Waals surface area contributed by atoms with Crippen molar-refractivity contribution in [1.29, 1.82) is 5.26 Å². The monoisotopic (exact) mass is 353 g/mol. The Balaban J connectivity index is 1.92. The number of carbonyl (C=O) groups excluding carboxylic acids is 2. The van der Waals surface area contributed by atoms with Crippen LogP contribution in [0.2, 0.25) is 0 Å². The van der Waals surface area contributed by atoms with Crippen molar-refractivity contribution in [1.82, 2.24) is 0 Å². The van der Waals surface area contributed by atoms with Crippen LogP contribution in [-0.4, -0.2) is 37.6 Å². The molecule has 0 saturated heterocycles. The molecule has 0 aliphatic heterocycles. The van der Waals surface area contributed by atoms with Gasteiger partial charge in [0.25, 0.3) is 0 Å². The number of aliphatic hydroxyl groups is 3. The van der Waals surface area contributed by atoms with Crippen LogP contribution < -0.4 is 0 Å². The van der Waals surface area contributed by atoms with Gasteiger partial charge < -0.3 is 20.4 Å². The summed E-state index contributed by atoms with van der Waals surface area (Å²) in [5.41, 5.74) is -2.46. The first kappa shape index (κ1) is 16.4. The van der Waals surface area contributed by atoms with Gasteiger partial charge in [-0.2, -0.15) is 5.26 Å². The molecule has 0 unspecified atom stereocenters. The normalized spacial score (nSPS) is 30.5. The topological polar surface area (TPSA) is 139 Å². The molecule has 0 amide bonds. The van der Waals surface area contributed by atoms with Gasteiger partial charge >= 0.3 is 0 Å². The summed E-state index contributed by atoms with van der Waals surface area (Å²) in [6.07, 6.45) is 0.399. The number of aliphatic hydroxyl groups excluding tert-OH is 2. The number of fused-ring (bicyclic) bond motifs is 3. The molecule has 3 aliphatic rings. The Bertz CT molecular complexity index is 982. The number of phenolic OH excluding ortho intramolecular Hbond substituents is 1. The van der Waals surface area contributed by atoms with Crippen molar-refractivity contribution in [3.63, 3.8) is 0 Å². The fraction of sp³-hybridized carbons (Fsp3) is 0.316. The molecule has 3 aliphatic carbocycles. The van der Waals surface area contributed by atoms with Crippen LogP contribution in [0.3, 0.4) is 0 Å². The van der Waals surface area contributed by atoms with Crippen molar-refractivity contribution < 1.29 is 30.0 Å². The Labute approximate surface area is 148 Å². The Kier molecular flexibility index (Phi) is 3.27. The number of Topliss-reactive ketones (excluding diaryl/α,β-unsaturated/α-hetero) is 2. The van der Waals surface area contributed by atoms with Crippen LogP contribution in [0.1, 0.15) is 28.8 Å². The number of hydrogen-bond donors (Lipinski definition) is 4. The van der Waals surface area contributed by atoms with E-state index in [4.69, 9.17) is 5.26 Å². The lowest BCUT2D eigenvalue weighted by atomic mass is 9.60. The van der Waals surface area contributed by atoms with Gasteiger partial charge in [0.1, 0.15) is 28.9 Å². The largest absolute Gasteiger partial charge is 0.511 e. The number of carbonyl (C=O) groups is 2. The highest BCUT2D eigenvalue weighted by Gasteiger charge is 2.58. The Hall–Kier alpha value is -3.11. The summed E-state index contributed by atoms with van der Waals surface area (Å²) in [4.78, 5) is 25.5. The van der Waals surface area contributed by atoms with Gasteiger partial charge in [-0.15, -0.1) is 0 Å². The predicted molar refractivity (Wildman–Crippen MR) is 87.2 cm³/mol. The van der Waals surface area contributed by atoms with Crippen LogP contribution in [0.4, 0.5) is 0 Å². The number of rotatable bonds is 0. The second-order valence-corrected chi connectivity index (χ2v) is 6.97. The lowest BCUT2D eigenvalue weighted by Crippen LogP contribution is -2.55. The number of hydrogen-bond acceptors (Lipinski definition) is 7. The molecule has 26 heavy (non-hydrogen) atoms. The molecule has 1 aromatic carbocycles. The van der Waals surface area contributed by atoms with Gasteiger partial charge in [-0.05, 0) is 30.4 Å². The molecule has 0 spiro atoms. The average Bonchev–Trinajstić information content (AvgIpc) is 2.58. The van der Waals surface area contributed by atoms with Crippen molar-refractivity contribution >= 4 is 11.6 Å². The number of benzene rings is 1. The van der Waals surface area contributed by atoms with E-state index in [0.717, 1.165) is 0 Å². The fourth-order valence-electron chi connectivity index (χ4n) is 4.42. The Morgan fingerprint density at radius 1 is 1.15 bits per heavy atom. The summed E-state index contributed by atoms with van der Waals surface area (Å²) in [6.45, 7) is 0. The van der Waals surface area contributed by atoms with Crippen molar-refractivity contribution in [2.45, 2.75) is 24.9 Å². The third-order valence-electron chi connectivity index (χ3n) is 5.66. The molecular weight excluding hydrogens is 338 g/mol. The smallest absolute Gasteiger partial charge is 0.216 e. The molecule has 0 saturated carbocycles. The molecule has 7 heteroatoms. The van der Waals surface area contributed by atoms with E-state index in [1.807, 2.05) is 0 Å². The van der Waals surface area contributed by atoms with Gasteiger partial charge in [0.05, 0.1) is 5.56 Å². The molecule has 1 aromatic rings. The zero-order valence-corrected chi connectivity index (χ0v) is 13.6. The quantitative estimate of drug-likeness (QED) is 0.556. The molecular formula is C19H15NO6. The van der Waals surface area contributed by atoms with E-state index in [0.29, 0.717) is 12.0 Å². The van der Waals surface area contributed by atoms with Crippen LogP contribution in [0.5, 0.6) is 5.75 Å². The van der Waals surface area contributed by atoms with Crippen molar-refractivity contribution in [2.75, 3.05) is 0 Å². The maximum absolute atomic E-state index is 12.9. The second-order valence-electron chi connectivity index (χ2n) is 6.97. The van der Waals surface area contributed by atoms with Crippen LogP contribution in [0, 0.1) is 23.2 Å². The van der Waals surface area contributed by atoms with Crippen LogP contribution >= 0.6 is 0 Å². The van der Waals surface area contributed by atoms with Gasteiger partial charge in [-0.3, -0.25) is 9.59 Å². The number of aromatic hydroxyl groups is 1. The van der Waals surface area contributed by atoms with E-state index in [2.05, 4.69) is 0 Å². The van der Waals surface area contributed by atoms with Crippen molar-refractivity contribution in [2.24, 2.45) is 11.8 Å². The summed E-state index contributed by atoms with van der Waals surface area (Å²) >= 11 is 0. The number of phenols is 1. The van der Waals surface area contributed by atoms with Gasteiger partial charge in [-0.25, -0.2) is 0 Å². The number of allylic oxidation sites excluding steroid dienone is 2. The summed E-state index contributed by atoms with van der Waals surface area (Å²) in [5.74, 6) is -4.45. The van der Waals surface area contributed by atoms with E-state index < -0.39 is 46.1 Å². The lowest BCUT2D eigenvalue weighted by molar-refractivity contribution is -0.142. The van der Waals surface area contributed by atoms with Gasteiger partial charge in [0, 0.05) is 17.9 Å². The molecule has 0 heterocycles. The van der Waals surface area contributed by atoms with Crippen molar-refractivity contribution in [3.8, 4) is 11.8 Å². The first-order valence-corrected chi connectivity index (χ1v) is 8.19. The third-order valence-corrected chi connectivity index (χ3v) is 5.66. The van der Waals surface area contributed by atoms with Crippen LogP contribution in [0.15, 0.2) is 40.9 Å². The molecule has 4 N–H and O–H groups in total. The first-order chi connectivity index (χ1) is 12.3. The third kappa shape index (κ3) is 1.85. The summed E-state index contributed by atoms with van der Waals surface area (Å²) in [6, 6.07) is 6.23. The van der Waals surface area contributed by atoms with E-state index in [9.17, 15) is 30.0 Å². The molecule has 0 radical (unpaired) electrons.